The van der Waals surface area contributed by atoms with Crippen LogP contribution in [0.15, 0.2) is 326 Å². The quantitative estimate of drug-likeness (QED) is 0.0336. The first kappa shape index (κ1) is 76.7. The zero-order valence-corrected chi connectivity index (χ0v) is 63.5. The molecule has 103 heavy (non-hydrogen) atoms. The topological polar surface area (TPSA) is 89.6 Å². The molecule has 1 heterocycles. The maximum absolute atomic E-state index is 8.35. The molecular weight excluding hydrogens is 1290 g/mol. The Kier molecular flexibility index (Phi) is 26.0. The molecule has 6 nitrogen and oxygen atoms in total. The van der Waals surface area contributed by atoms with Gasteiger partial charge in [0, 0.05) is 53.4 Å². The summed E-state index contributed by atoms with van der Waals surface area (Å²) in [6.45, 7) is 31.6. The number of benzene rings is 11. The van der Waals surface area contributed by atoms with Crippen LogP contribution in [0.5, 0.6) is 0 Å². The summed E-state index contributed by atoms with van der Waals surface area (Å²) in [6.07, 6.45) is 5.29. The molecule has 520 valence electrons. The van der Waals surface area contributed by atoms with Gasteiger partial charge in [-0.15, -0.1) is 0 Å². The Morgan fingerprint density at radius 2 is 0.612 bits per heavy atom. The van der Waals surface area contributed by atoms with Gasteiger partial charge in [-0.25, -0.2) is 0 Å². The fraction of sp³-hybridized carbons (Fsp3) is 0.229. The first-order valence-electron chi connectivity index (χ1n) is 35.7. The number of hydrogen-bond donors (Lipinski definition) is 0. The van der Waals surface area contributed by atoms with Crippen LogP contribution in [0.3, 0.4) is 0 Å². The Morgan fingerprint density at radius 3 is 0.845 bits per heavy atom. The molecule has 0 bridgehead atoms. The van der Waals surface area contributed by atoms with Crippen molar-refractivity contribution in [2.75, 3.05) is 0 Å². The number of aryl methyl sites for hydroxylation is 2. The van der Waals surface area contributed by atoms with Crippen molar-refractivity contribution in [2.45, 2.75) is 131 Å². The second-order valence-electron chi connectivity index (χ2n) is 30.5. The monoisotopic (exact) mass is 1390 g/mol. The van der Waals surface area contributed by atoms with Crippen molar-refractivity contribution in [3.05, 3.63) is 415 Å². The maximum atomic E-state index is 8.35. The summed E-state index contributed by atoms with van der Waals surface area (Å²) < 4.78 is 0. The first-order valence-corrected chi connectivity index (χ1v) is 35.7. The van der Waals surface area contributed by atoms with E-state index in [1.807, 2.05) is 50.2 Å². The Hall–Kier alpha value is -10.5. The number of hydrogen-bond acceptors (Lipinski definition) is 3. The van der Waals surface area contributed by atoms with Crippen LogP contribution in [0.4, 0.5) is 17.1 Å². The van der Waals surface area contributed by atoms with Crippen LogP contribution in [0.1, 0.15) is 196 Å². The summed E-state index contributed by atoms with van der Waals surface area (Å²) in [5.41, 5.74) is 20.6. The van der Waals surface area contributed by atoms with Crippen molar-refractivity contribution in [1.29, 1.82) is 5.26 Å². The third-order valence-corrected chi connectivity index (χ3v) is 18.6. The molecule has 0 saturated heterocycles. The van der Waals surface area contributed by atoms with Gasteiger partial charge >= 0.3 is 17.1 Å². The van der Waals surface area contributed by atoms with E-state index < -0.39 is 0 Å². The van der Waals surface area contributed by atoms with E-state index in [4.69, 9.17) is 20.6 Å². The van der Waals surface area contributed by atoms with E-state index in [0.717, 1.165) is 56.2 Å². The number of nitriles is 1. The van der Waals surface area contributed by atoms with Crippen LogP contribution in [0, 0.1) is 36.1 Å². The van der Waals surface area contributed by atoms with Crippen molar-refractivity contribution < 1.29 is 17.1 Å². The van der Waals surface area contributed by atoms with E-state index in [1.165, 1.54) is 55.6 Å². The molecule has 0 atom stereocenters. The summed E-state index contributed by atoms with van der Waals surface area (Å²) in [6, 6.07) is 109. The fourth-order valence-electron chi connectivity index (χ4n) is 13.9. The van der Waals surface area contributed by atoms with Crippen LogP contribution in [0.25, 0.3) is 10.6 Å². The second kappa shape index (κ2) is 34.9. The summed E-state index contributed by atoms with van der Waals surface area (Å²) >= 11 is 0. The molecule has 0 aliphatic heterocycles. The third kappa shape index (κ3) is 19.8. The van der Waals surface area contributed by atoms with E-state index in [2.05, 4.69) is 360 Å². The summed E-state index contributed by atoms with van der Waals surface area (Å²) in [7, 11) is 0. The SMILES string of the molecule is CC(C)(C)C(=NC(=Nc1c(C(c2ccccc2)c2ccccc2)cc(C(C)(C)C)cc1C(c1ccccc1)c1ccccc1)[N-]c1c(C(c2ccccc2)c2ccccc2)cc(C(C)(C)C)cc1C(c1ccccc1)c1ccccc1)C(C)(C)C.Cc1cccc(C)c1[N-]C#N.[Fe+2].c1ccncc1. The molecule has 12 rings (SSSR count). The summed E-state index contributed by atoms with van der Waals surface area (Å²) in [5.74, 6) is -0.480. The number of nitrogens with zero attached hydrogens (tertiary/aromatic N) is 6. The smallest absolute Gasteiger partial charge is 0.494 e. The molecule has 0 N–H and O–H groups in total. The van der Waals surface area contributed by atoms with Gasteiger partial charge in [0.2, 0.25) is 0 Å². The van der Waals surface area contributed by atoms with Crippen molar-refractivity contribution in [2.24, 2.45) is 20.8 Å². The van der Waals surface area contributed by atoms with Gasteiger partial charge in [-0.1, -0.05) is 380 Å². The van der Waals surface area contributed by atoms with Crippen LogP contribution >= 0.6 is 0 Å². The minimum atomic E-state index is -0.376. The zero-order chi connectivity index (χ0) is 72.4. The molecule has 0 amide bonds. The summed E-state index contributed by atoms with van der Waals surface area (Å²) in [5, 5.41) is 18.4. The van der Waals surface area contributed by atoms with Crippen molar-refractivity contribution in [3.8, 4) is 6.19 Å². The molecule has 1 aromatic heterocycles. The predicted octanol–water partition coefficient (Wildman–Crippen LogP) is 26.1. The number of aliphatic imine (C=N–C) groups is 2. The normalized spacial score (nSPS) is 11.7. The number of pyridine rings is 1. The van der Waals surface area contributed by atoms with E-state index in [0.29, 0.717) is 5.96 Å². The molecule has 0 aliphatic carbocycles. The van der Waals surface area contributed by atoms with Crippen molar-refractivity contribution in [3.63, 3.8) is 0 Å². The maximum Gasteiger partial charge on any atom is 2.00 e. The number of para-hydroxylation sites is 1. The average Bonchev–Trinajstić information content (AvgIpc) is 0.751. The number of guanidine groups is 1. The van der Waals surface area contributed by atoms with Gasteiger partial charge in [-0.2, -0.15) is 0 Å². The molecule has 0 fully saturated rings. The molecule has 0 aliphatic rings. The van der Waals surface area contributed by atoms with Gasteiger partial charge in [0.25, 0.3) is 0 Å². The van der Waals surface area contributed by atoms with Crippen LogP contribution in [-0.2, 0) is 27.9 Å². The van der Waals surface area contributed by atoms with Gasteiger partial charge in [0.05, 0.1) is 0 Å². The van der Waals surface area contributed by atoms with Gasteiger partial charge in [-0.3, -0.25) is 4.98 Å². The van der Waals surface area contributed by atoms with Crippen LogP contribution in [0.2, 0.25) is 0 Å². The molecule has 0 radical (unpaired) electrons. The molecule has 0 unspecified atom stereocenters. The van der Waals surface area contributed by atoms with Gasteiger partial charge < -0.3 is 25.9 Å². The Bertz CT molecular complexity index is 4290. The first-order chi connectivity index (χ1) is 49.0. The fourth-order valence-corrected chi connectivity index (χ4v) is 13.9. The molecule has 0 saturated carbocycles. The minimum absolute atomic E-state index is 0. The average molecular weight is 1390 g/mol. The van der Waals surface area contributed by atoms with E-state index in [9.17, 15) is 0 Å². The van der Waals surface area contributed by atoms with Gasteiger partial charge in [-0.05, 0) is 148 Å². The van der Waals surface area contributed by atoms with E-state index >= 15 is 0 Å². The Labute approximate surface area is 625 Å². The van der Waals surface area contributed by atoms with Gasteiger partial charge in [0.15, 0.2) is 0 Å². The zero-order valence-electron chi connectivity index (χ0n) is 62.4. The van der Waals surface area contributed by atoms with Crippen LogP contribution in [-0.4, -0.2) is 16.7 Å². The number of aromatic nitrogens is 1. The standard InChI is InChI=1S/C82H84N3.C9H9N2.C5H5N.Fe/c1-79(2,3)65-53-67(71(57-37-21-13-22-38-57)58-39-23-14-24-40-58)75(68(54-65)72(59-41-25-15-26-42-59)60-43-27-16-28-44-60)83-78(85-77(81(7,8)9)82(10,11)12)84-76-69(73(61-45-29-17-30-46-61)62-47-31-18-32-48-62)55-66(80(4,5)6)56-70(76)74(63-49-33-19-34-50-63)64-51-35-20-36-52-64;1-7-4-3-5-8(2)9(7)11-6-10;1-2-4-6-5-3-1;/h13-56,71-74H,1-12H3;3-5H,1-2H3;1-5H;/q2*-1;;+2. The summed E-state index contributed by atoms with van der Waals surface area (Å²) in [4.78, 5) is 16.1. The molecule has 0 spiro atoms. The number of rotatable bonds is 15. The van der Waals surface area contributed by atoms with E-state index in [-0.39, 0.29) is 62.4 Å². The Morgan fingerprint density at radius 1 is 0.350 bits per heavy atom. The van der Waals surface area contributed by atoms with Crippen LogP contribution < -0.4 is 0 Å². The predicted molar refractivity (Wildman–Crippen MR) is 431 cm³/mol. The molecular formula is C96H98FeN6. The largest absolute Gasteiger partial charge is 2.00 e. The molecule has 7 heteroatoms. The van der Waals surface area contributed by atoms with Crippen molar-refractivity contribution >= 4 is 28.7 Å². The van der Waals surface area contributed by atoms with Crippen molar-refractivity contribution in [1.82, 2.24) is 4.98 Å². The van der Waals surface area contributed by atoms with Gasteiger partial charge in [0.1, 0.15) is 0 Å². The second-order valence-corrected chi connectivity index (χ2v) is 30.5. The minimum Gasteiger partial charge on any atom is -0.494 e. The molecule has 12 aromatic rings. The molecule has 11 aromatic carbocycles. The van der Waals surface area contributed by atoms with E-state index in [1.54, 1.807) is 18.6 Å². The third-order valence-electron chi connectivity index (χ3n) is 18.6. The Balaban J connectivity index is 0.000000600.